The maximum absolute atomic E-state index is 12.8. The molecule has 5 heterocycles. The second kappa shape index (κ2) is 9.10. The number of likely N-dealkylation sites (N-methyl/N-ethyl adjacent to an activating group) is 1. The van der Waals surface area contributed by atoms with Crippen LogP contribution in [0.4, 0.5) is 5.82 Å². The van der Waals surface area contributed by atoms with Gasteiger partial charge in [0, 0.05) is 44.6 Å². The Kier molecular flexibility index (Phi) is 6.07. The van der Waals surface area contributed by atoms with Crippen molar-refractivity contribution in [2.45, 2.75) is 70.9 Å². The Bertz CT molecular complexity index is 918. The third-order valence-corrected chi connectivity index (χ3v) is 7.46. The lowest BCUT2D eigenvalue weighted by Crippen LogP contribution is -2.45. The monoisotopic (exact) mass is 425 g/mol. The molecule has 0 unspecified atom stereocenters. The van der Waals surface area contributed by atoms with Gasteiger partial charge < -0.3 is 14.8 Å². The van der Waals surface area contributed by atoms with Gasteiger partial charge in [0.15, 0.2) is 17.0 Å². The first-order valence-corrected chi connectivity index (χ1v) is 12.2. The minimum atomic E-state index is 0.101. The molecule has 2 aromatic rings. The zero-order valence-corrected chi connectivity index (χ0v) is 18.7. The largest absolute Gasteiger partial charge is 0.355 e. The van der Waals surface area contributed by atoms with Crippen LogP contribution in [-0.2, 0) is 17.8 Å². The number of carbonyl (C=O) groups is 1. The predicted octanol–water partition coefficient (Wildman–Crippen LogP) is 2.37. The van der Waals surface area contributed by atoms with Gasteiger partial charge in [-0.25, -0.2) is 15.0 Å². The summed E-state index contributed by atoms with van der Waals surface area (Å²) in [6.45, 7) is 7.93. The zero-order valence-electron chi connectivity index (χ0n) is 18.7. The van der Waals surface area contributed by atoms with Crippen LogP contribution in [0.15, 0.2) is 6.33 Å². The number of hydrogen-bond acceptors (Lipinski definition) is 6. The van der Waals surface area contributed by atoms with E-state index >= 15 is 0 Å². The highest BCUT2D eigenvalue weighted by atomic mass is 16.1. The molecule has 0 radical (unpaired) electrons. The third kappa shape index (κ3) is 4.14. The van der Waals surface area contributed by atoms with E-state index in [2.05, 4.69) is 36.6 Å². The van der Waals surface area contributed by atoms with E-state index < -0.39 is 0 Å². The van der Waals surface area contributed by atoms with Crippen molar-refractivity contribution in [1.82, 2.24) is 29.7 Å². The van der Waals surface area contributed by atoms with Crippen molar-refractivity contribution < 1.29 is 4.79 Å². The molecule has 1 N–H and O–H groups in total. The number of fused-ring (bicyclic) bond motifs is 3. The summed E-state index contributed by atoms with van der Waals surface area (Å²) < 4.78 is 2.29. The molecule has 168 valence electrons. The molecular weight excluding hydrogens is 390 g/mol. The fourth-order valence-electron chi connectivity index (χ4n) is 5.62. The molecule has 8 nitrogen and oxygen atoms in total. The SMILES string of the molecule is CCN1CCC[C@H]1CNC(=O)C1CCN(c2ncnc3c2nc2n3CCCCC2)CC1. The van der Waals surface area contributed by atoms with E-state index in [1.807, 2.05) is 0 Å². The molecule has 0 aliphatic carbocycles. The normalized spacial score (nSPS) is 23.1. The number of piperidine rings is 1. The van der Waals surface area contributed by atoms with Gasteiger partial charge in [0.1, 0.15) is 12.2 Å². The van der Waals surface area contributed by atoms with Gasteiger partial charge in [0.2, 0.25) is 5.91 Å². The second-order valence-corrected chi connectivity index (χ2v) is 9.29. The average Bonchev–Trinajstić information content (AvgIpc) is 3.34. The van der Waals surface area contributed by atoms with Gasteiger partial charge in [-0.2, -0.15) is 0 Å². The fraction of sp³-hybridized carbons (Fsp3) is 0.739. The summed E-state index contributed by atoms with van der Waals surface area (Å²) in [6, 6.07) is 0.513. The summed E-state index contributed by atoms with van der Waals surface area (Å²) in [7, 11) is 0. The number of imidazole rings is 1. The summed E-state index contributed by atoms with van der Waals surface area (Å²) in [4.78, 5) is 31.7. The first kappa shape index (κ1) is 20.7. The third-order valence-electron chi connectivity index (χ3n) is 7.46. The van der Waals surface area contributed by atoms with E-state index in [0.29, 0.717) is 6.04 Å². The Morgan fingerprint density at radius 2 is 1.94 bits per heavy atom. The summed E-state index contributed by atoms with van der Waals surface area (Å²) in [5.74, 6) is 2.42. The minimum Gasteiger partial charge on any atom is -0.355 e. The second-order valence-electron chi connectivity index (χ2n) is 9.29. The van der Waals surface area contributed by atoms with Gasteiger partial charge in [0.25, 0.3) is 0 Å². The fourth-order valence-corrected chi connectivity index (χ4v) is 5.62. The van der Waals surface area contributed by atoms with Crippen molar-refractivity contribution in [2.24, 2.45) is 5.92 Å². The number of amides is 1. The highest BCUT2D eigenvalue weighted by Gasteiger charge is 2.29. The van der Waals surface area contributed by atoms with Crippen molar-refractivity contribution in [3.05, 3.63) is 12.2 Å². The number of likely N-dealkylation sites (tertiary alicyclic amines) is 1. The van der Waals surface area contributed by atoms with Gasteiger partial charge in [0.05, 0.1) is 0 Å². The van der Waals surface area contributed by atoms with Crippen LogP contribution < -0.4 is 10.2 Å². The van der Waals surface area contributed by atoms with Crippen LogP contribution in [0.3, 0.4) is 0 Å². The van der Waals surface area contributed by atoms with E-state index in [1.165, 1.54) is 38.6 Å². The molecule has 1 atom stereocenters. The van der Waals surface area contributed by atoms with Gasteiger partial charge in [-0.15, -0.1) is 0 Å². The van der Waals surface area contributed by atoms with Crippen LogP contribution >= 0.6 is 0 Å². The standard InChI is InChI=1S/C23H35N7O/c1-2-28-11-6-7-18(28)15-24-23(31)17-9-13-29(14-10-17)21-20-22(26-16-25-21)30-12-5-3-4-8-19(30)27-20/h16-18H,2-15H2,1H3,(H,24,31)/t18-/m0/s1. The van der Waals surface area contributed by atoms with Gasteiger partial charge in [-0.05, 0) is 51.6 Å². The summed E-state index contributed by atoms with van der Waals surface area (Å²) in [5.41, 5.74) is 1.90. The van der Waals surface area contributed by atoms with Crippen molar-refractivity contribution >= 4 is 22.9 Å². The first-order valence-electron chi connectivity index (χ1n) is 12.2. The number of anilines is 1. The Morgan fingerprint density at radius 3 is 2.77 bits per heavy atom. The number of aromatic nitrogens is 4. The Morgan fingerprint density at radius 1 is 1.06 bits per heavy atom. The molecule has 0 bridgehead atoms. The maximum Gasteiger partial charge on any atom is 0.223 e. The molecule has 5 rings (SSSR count). The quantitative estimate of drug-likeness (QED) is 0.792. The van der Waals surface area contributed by atoms with Crippen molar-refractivity contribution in [2.75, 3.05) is 37.6 Å². The number of rotatable bonds is 5. The van der Waals surface area contributed by atoms with E-state index in [1.54, 1.807) is 6.33 Å². The molecule has 2 saturated heterocycles. The molecule has 3 aliphatic heterocycles. The molecule has 8 heteroatoms. The summed E-state index contributed by atoms with van der Waals surface area (Å²) in [5, 5.41) is 3.24. The molecule has 31 heavy (non-hydrogen) atoms. The molecule has 0 spiro atoms. The Hall–Kier alpha value is -2.22. The lowest BCUT2D eigenvalue weighted by molar-refractivity contribution is -0.125. The van der Waals surface area contributed by atoms with Gasteiger partial charge in [-0.1, -0.05) is 13.3 Å². The molecular formula is C23H35N7O. The number of aryl methyl sites for hydroxylation is 2. The predicted molar refractivity (Wildman–Crippen MR) is 121 cm³/mol. The van der Waals surface area contributed by atoms with E-state index in [9.17, 15) is 4.79 Å². The molecule has 3 aliphatic rings. The topological polar surface area (TPSA) is 79.2 Å². The molecule has 0 saturated carbocycles. The number of hydrogen-bond donors (Lipinski definition) is 1. The van der Waals surface area contributed by atoms with Crippen molar-refractivity contribution in [3.8, 4) is 0 Å². The molecule has 2 fully saturated rings. The lowest BCUT2D eigenvalue weighted by Gasteiger charge is -2.32. The van der Waals surface area contributed by atoms with Crippen molar-refractivity contribution in [1.29, 1.82) is 0 Å². The number of nitrogens with zero attached hydrogens (tertiary/aromatic N) is 6. The highest BCUT2D eigenvalue weighted by Crippen LogP contribution is 2.29. The average molecular weight is 426 g/mol. The van der Waals surface area contributed by atoms with Crippen LogP contribution in [0.1, 0.15) is 57.7 Å². The molecule has 2 aromatic heterocycles. The van der Waals surface area contributed by atoms with Crippen LogP contribution in [0, 0.1) is 5.92 Å². The van der Waals surface area contributed by atoms with Gasteiger partial charge in [-0.3, -0.25) is 9.69 Å². The van der Waals surface area contributed by atoms with Crippen LogP contribution in [0.5, 0.6) is 0 Å². The van der Waals surface area contributed by atoms with Crippen LogP contribution in [-0.4, -0.2) is 69.1 Å². The van der Waals surface area contributed by atoms with Crippen LogP contribution in [0.25, 0.3) is 11.2 Å². The highest BCUT2D eigenvalue weighted by molar-refractivity contribution is 5.84. The van der Waals surface area contributed by atoms with Gasteiger partial charge >= 0.3 is 0 Å². The van der Waals surface area contributed by atoms with E-state index in [4.69, 9.17) is 4.98 Å². The minimum absolute atomic E-state index is 0.101. The Labute approximate surface area is 184 Å². The van der Waals surface area contributed by atoms with E-state index in [-0.39, 0.29) is 11.8 Å². The Balaban J connectivity index is 1.21. The van der Waals surface area contributed by atoms with E-state index in [0.717, 1.165) is 74.8 Å². The molecule has 1 amide bonds. The van der Waals surface area contributed by atoms with Crippen molar-refractivity contribution in [3.63, 3.8) is 0 Å². The number of carbonyl (C=O) groups excluding carboxylic acids is 1. The smallest absolute Gasteiger partial charge is 0.223 e. The number of nitrogens with one attached hydrogen (secondary N) is 1. The molecule has 0 aromatic carbocycles. The maximum atomic E-state index is 12.8. The first-order chi connectivity index (χ1) is 15.2. The van der Waals surface area contributed by atoms with Crippen LogP contribution in [0.2, 0.25) is 0 Å². The zero-order chi connectivity index (χ0) is 21.2. The lowest BCUT2D eigenvalue weighted by atomic mass is 9.95. The summed E-state index contributed by atoms with van der Waals surface area (Å²) >= 11 is 0. The summed E-state index contributed by atoms with van der Waals surface area (Å²) in [6.07, 6.45) is 10.5.